The van der Waals surface area contributed by atoms with Crippen LogP contribution in [0.4, 0.5) is 5.69 Å². The topological polar surface area (TPSA) is 89.0 Å². The van der Waals surface area contributed by atoms with Crippen molar-refractivity contribution in [3.63, 3.8) is 0 Å². The average molecular weight is 205 g/mol. The Balaban J connectivity index is 3.61. The number of hydrogen-bond acceptors (Lipinski definition) is 5. The molecule has 1 heterocycles. The summed E-state index contributed by atoms with van der Waals surface area (Å²) >= 11 is 0. The van der Waals surface area contributed by atoms with Crippen molar-refractivity contribution in [3.8, 4) is 11.9 Å². The molecule has 5 heteroatoms. The molecule has 0 aliphatic rings. The lowest BCUT2D eigenvalue weighted by Crippen LogP contribution is -2.09. The van der Waals surface area contributed by atoms with Crippen molar-refractivity contribution in [1.29, 1.82) is 5.26 Å². The number of nitrogens with zero attached hydrogens (tertiary/aromatic N) is 2. The highest BCUT2D eigenvalue weighted by Crippen LogP contribution is 2.27. The molecule has 0 fully saturated rings. The number of nitriles is 1. The summed E-state index contributed by atoms with van der Waals surface area (Å²) in [6.45, 7) is 3.03. The predicted octanol–water partition coefficient (Wildman–Crippen LogP) is 1.06. The Morgan fingerprint density at radius 2 is 2.20 bits per heavy atom. The molecule has 15 heavy (non-hydrogen) atoms. The lowest BCUT2D eigenvalue weighted by atomic mass is 10.0. The molecule has 0 aliphatic heterocycles. The normalized spacial score (nSPS) is 9.47. The number of aromatic nitrogens is 1. The van der Waals surface area contributed by atoms with Crippen LogP contribution in [0.2, 0.25) is 0 Å². The van der Waals surface area contributed by atoms with E-state index in [0.29, 0.717) is 5.69 Å². The Hall–Kier alpha value is -2.09. The van der Waals surface area contributed by atoms with Crippen molar-refractivity contribution < 1.29 is 9.53 Å². The molecule has 2 N–H and O–H groups in total. The molecule has 0 saturated heterocycles. The molecule has 1 aromatic rings. The second-order valence-electron chi connectivity index (χ2n) is 3.04. The van der Waals surface area contributed by atoms with Gasteiger partial charge in [0.1, 0.15) is 11.6 Å². The van der Waals surface area contributed by atoms with Crippen LogP contribution >= 0.6 is 0 Å². The predicted molar refractivity (Wildman–Crippen MR) is 54.7 cm³/mol. The molecule has 0 unspecified atom stereocenters. The fourth-order valence-corrected chi connectivity index (χ4v) is 1.40. The highest BCUT2D eigenvalue weighted by Gasteiger charge is 2.18. The summed E-state index contributed by atoms with van der Waals surface area (Å²) in [5, 5.41) is 8.87. The van der Waals surface area contributed by atoms with Gasteiger partial charge in [0.25, 0.3) is 0 Å². The van der Waals surface area contributed by atoms with Crippen LogP contribution in [0.3, 0.4) is 0 Å². The van der Waals surface area contributed by atoms with Crippen LogP contribution < -0.4 is 10.5 Å². The summed E-state index contributed by atoms with van der Waals surface area (Å²) in [6, 6.07) is 1.87. The molecule has 5 nitrogen and oxygen atoms in total. The number of nitrogen functional groups attached to an aromatic ring is 1. The standard InChI is InChI=1S/C10H11N3O2/c1-5-8(6(2)14)9(12)7(4-11)10(13-5)15-3/h1-3H3,(H2,12,13). The van der Waals surface area contributed by atoms with Gasteiger partial charge in [0.15, 0.2) is 5.78 Å². The van der Waals surface area contributed by atoms with Crippen LogP contribution in [0.1, 0.15) is 28.5 Å². The molecule has 0 aromatic carbocycles. The molecule has 0 radical (unpaired) electrons. The van der Waals surface area contributed by atoms with Crippen LogP contribution in [0.15, 0.2) is 0 Å². The molecular formula is C10H11N3O2. The summed E-state index contributed by atoms with van der Waals surface area (Å²) in [5.41, 5.74) is 6.70. The Morgan fingerprint density at radius 3 is 2.60 bits per heavy atom. The number of ether oxygens (including phenoxy) is 1. The third-order valence-electron chi connectivity index (χ3n) is 2.04. The van der Waals surface area contributed by atoms with E-state index in [2.05, 4.69) is 4.98 Å². The Kier molecular flexibility index (Phi) is 2.90. The van der Waals surface area contributed by atoms with E-state index in [4.69, 9.17) is 15.7 Å². The van der Waals surface area contributed by atoms with Gasteiger partial charge in [-0.05, 0) is 13.8 Å². The van der Waals surface area contributed by atoms with E-state index in [-0.39, 0.29) is 28.5 Å². The molecule has 1 aromatic heterocycles. The second-order valence-corrected chi connectivity index (χ2v) is 3.04. The smallest absolute Gasteiger partial charge is 0.233 e. The molecule has 1 rings (SSSR count). The van der Waals surface area contributed by atoms with Gasteiger partial charge in [-0.3, -0.25) is 4.79 Å². The number of methoxy groups -OCH3 is 1. The van der Waals surface area contributed by atoms with Gasteiger partial charge in [-0.15, -0.1) is 0 Å². The first-order chi connectivity index (χ1) is 7.02. The minimum absolute atomic E-state index is 0.105. The van der Waals surface area contributed by atoms with E-state index in [1.54, 1.807) is 6.92 Å². The summed E-state index contributed by atoms with van der Waals surface area (Å²) in [7, 11) is 1.40. The van der Waals surface area contributed by atoms with Gasteiger partial charge in [0.2, 0.25) is 5.88 Å². The zero-order chi connectivity index (χ0) is 11.6. The number of carbonyl (C=O) groups excluding carboxylic acids is 1. The highest BCUT2D eigenvalue weighted by molar-refractivity contribution is 6.01. The van der Waals surface area contributed by atoms with Crippen molar-refractivity contribution in [2.75, 3.05) is 12.8 Å². The van der Waals surface area contributed by atoms with E-state index in [1.807, 2.05) is 6.07 Å². The highest BCUT2D eigenvalue weighted by atomic mass is 16.5. The molecule has 0 aliphatic carbocycles. The fourth-order valence-electron chi connectivity index (χ4n) is 1.40. The first-order valence-corrected chi connectivity index (χ1v) is 4.28. The number of ketones is 1. The Morgan fingerprint density at radius 1 is 1.60 bits per heavy atom. The van der Waals surface area contributed by atoms with Crippen LogP contribution in [0, 0.1) is 18.3 Å². The maximum atomic E-state index is 11.3. The number of hydrogen-bond donors (Lipinski definition) is 1. The van der Waals surface area contributed by atoms with E-state index in [1.165, 1.54) is 14.0 Å². The molecule has 0 atom stereocenters. The van der Waals surface area contributed by atoms with Crippen molar-refractivity contribution in [1.82, 2.24) is 4.98 Å². The average Bonchev–Trinajstić information content (AvgIpc) is 2.16. The molecule has 0 spiro atoms. The summed E-state index contributed by atoms with van der Waals surface area (Å²) in [5.74, 6) is -0.0610. The van der Waals surface area contributed by atoms with Crippen LogP contribution in [0.25, 0.3) is 0 Å². The summed E-state index contributed by atoms with van der Waals surface area (Å²) in [6.07, 6.45) is 0. The van der Waals surface area contributed by atoms with Crippen molar-refractivity contribution in [2.24, 2.45) is 0 Å². The molecule has 78 valence electrons. The molecule has 0 bridgehead atoms. The minimum Gasteiger partial charge on any atom is -0.480 e. The second kappa shape index (κ2) is 3.96. The first kappa shape index (κ1) is 11.0. The number of rotatable bonds is 2. The lowest BCUT2D eigenvalue weighted by molar-refractivity contribution is 0.101. The van der Waals surface area contributed by atoms with Crippen LogP contribution in [-0.2, 0) is 0 Å². The largest absolute Gasteiger partial charge is 0.480 e. The molecule has 0 saturated carbocycles. The van der Waals surface area contributed by atoms with E-state index < -0.39 is 0 Å². The van der Waals surface area contributed by atoms with Gasteiger partial charge in [-0.1, -0.05) is 0 Å². The number of carbonyl (C=O) groups is 1. The monoisotopic (exact) mass is 205 g/mol. The SMILES string of the molecule is COc1nc(C)c(C(C)=O)c(N)c1C#N. The van der Waals surface area contributed by atoms with E-state index >= 15 is 0 Å². The van der Waals surface area contributed by atoms with Gasteiger partial charge >= 0.3 is 0 Å². The summed E-state index contributed by atoms with van der Waals surface area (Å²) < 4.78 is 4.91. The zero-order valence-corrected chi connectivity index (χ0v) is 8.79. The third kappa shape index (κ3) is 1.74. The minimum atomic E-state index is -0.211. The fraction of sp³-hybridized carbons (Fsp3) is 0.300. The van der Waals surface area contributed by atoms with Gasteiger partial charge in [-0.2, -0.15) is 5.26 Å². The van der Waals surface area contributed by atoms with Gasteiger partial charge in [0.05, 0.1) is 24.1 Å². The van der Waals surface area contributed by atoms with E-state index in [9.17, 15) is 4.79 Å². The maximum absolute atomic E-state index is 11.3. The number of aryl methyl sites for hydroxylation is 1. The quantitative estimate of drug-likeness (QED) is 0.729. The number of anilines is 1. The van der Waals surface area contributed by atoms with Crippen LogP contribution in [0.5, 0.6) is 5.88 Å². The van der Waals surface area contributed by atoms with Crippen molar-refractivity contribution in [3.05, 3.63) is 16.8 Å². The lowest BCUT2D eigenvalue weighted by Gasteiger charge is -2.10. The third-order valence-corrected chi connectivity index (χ3v) is 2.04. The number of nitrogens with two attached hydrogens (primary N) is 1. The van der Waals surface area contributed by atoms with Gasteiger partial charge in [0, 0.05) is 0 Å². The Bertz CT molecular complexity index is 461. The van der Waals surface area contributed by atoms with E-state index in [0.717, 1.165) is 0 Å². The maximum Gasteiger partial charge on any atom is 0.233 e. The summed E-state index contributed by atoms with van der Waals surface area (Å²) in [4.78, 5) is 15.3. The number of Topliss-reactive ketones (excluding diaryl/α,β-unsaturated/α-hetero) is 1. The van der Waals surface area contributed by atoms with Gasteiger partial charge in [-0.25, -0.2) is 4.98 Å². The molecular weight excluding hydrogens is 194 g/mol. The first-order valence-electron chi connectivity index (χ1n) is 4.28. The Labute approximate surface area is 87.5 Å². The van der Waals surface area contributed by atoms with Crippen LogP contribution in [-0.4, -0.2) is 17.9 Å². The number of pyridine rings is 1. The van der Waals surface area contributed by atoms with Gasteiger partial charge < -0.3 is 10.5 Å². The zero-order valence-electron chi connectivity index (χ0n) is 8.79. The molecule has 0 amide bonds. The van der Waals surface area contributed by atoms with Crippen molar-refractivity contribution in [2.45, 2.75) is 13.8 Å². The van der Waals surface area contributed by atoms with Crippen molar-refractivity contribution >= 4 is 11.5 Å².